The first-order valence-electron chi connectivity index (χ1n) is 1.40. The van der Waals surface area contributed by atoms with Gasteiger partial charge in [0.15, 0.2) is 0 Å². The Morgan fingerprint density at radius 3 is 1.57 bits per heavy atom. The van der Waals surface area contributed by atoms with E-state index in [9.17, 15) is 12.9 Å². The van der Waals surface area contributed by atoms with Crippen molar-refractivity contribution in [3.05, 3.63) is 12.6 Å². The Hall–Kier alpha value is 1.23. The van der Waals surface area contributed by atoms with Crippen molar-refractivity contribution >= 4 is 6.98 Å². The van der Waals surface area contributed by atoms with Crippen molar-refractivity contribution in [2.45, 2.75) is 0 Å². The molecule has 0 saturated carbocycles. The molecule has 0 spiro atoms. The SMILES string of the molecule is C=C[B-](F)(F)F.[H-].[K+]. The van der Waals surface area contributed by atoms with Gasteiger partial charge in [-0.3, -0.25) is 0 Å². The molecule has 0 atom stereocenters. The Kier molecular flexibility index (Phi) is 6.56. The number of halogens is 3. The maximum absolute atomic E-state index is 10.7. The summed E-state index contributed by atoms with van der Waals surface area (Å²) in [5, 5.41) is 0. The van der Waals surface area contributed by atoms with Gasteiger partial charge in [-0.1, -0.05) is 0 Å². The van der Waals surface area contributed by atoms with Crippen molar-refractivity contribution in [1.29, 1.82) is 0 Å². The van der Waals surface area contributed by atoms with Crippen molar-refractivity contribution in [3.63, 3.8) is 0 Å². The topological polar surface area (TPSA) is 0 Å². The second-order valence-electron chi connectivity index (χ2n) is 0.861. The summed E-state index contributed by atoms with van der Waals surface area (Å²) in [7, 11) is 0. The van der Waals surface area contributed by atoms with Gasteiger partial charge >= 0.3 is 58.4 Å². The van der Waals surface area contributed by atoms with Crippen LogP contribution >= 0.6 is 0 Å². The summed E-state index contributed by atoms with van der Waals surface area (Å²) in [5.41, 5.74) is 0. The quantitative estimate of drug-likeness (QED) is 0.391. The fraction of sp³-hybridized carbons (Fsp3) is 0. The zero-order valence-electron chi connectivity index (χ0n) is 5.00. The van der Waals surface area contributed by atoms with Crippen LogP contribution in [0.3, 0.4) is 0 Å². The van der Waals surface area contributed by atoms with Crippen LogP contribution in [0.15, 0.2) is 12.6 Å². The van der Waals surface area contributed by atoms with E-state index in [1.165, 1.54) is 0 Å². The van der Waals surface area contributed by atoms with Crippen LogP contribution in [0.25, 0.3) is 0 Å². The molecule has 0 heterocycles. The molecular formula is C2H4BF3K-. The van der Waals surface area contributed by atoms with E-state index in [4.69, 9.17) is 0 Å². The van der Waals surface area contributed by atoms with Gasteiger partial charge in [0.2, 0.25) is 0 Å². The van der Waals surface area contributed by atoms with Gasteiger partial charge in [-0.2, -0.15) is 5.98 Å². The van der Waals surface area contributed by atoms with E-state index in [0.717, 1.165) is 0 Å². The molecule has 0 aromatic carbocycles. The molecule has 5 heteroatoms. The molecule has 0 aliphatic rings. The van der Waals surface area contributed by atoms with Crippen LogP contribution in [-0.4, -0.2) is 6.98 Å². The molecule has 0 fully saturated rings. The first-order chi connectivity index (χ1) is 2.56. The summed E-state index contributed by atoms with van der Waals surface area (Å²) in [6, 6.07) is 0. The van der Waals surface area contributed by atoms with Crippen molar-refractivity contribution in [1.82, 2.24) is 0 Å². The average Bonchev–Trinajstić information content (AvgIpc) is 1.35. The maximum atomic E-state index is 10.7. The molecule has 0 radical (unpaired) electrons. The standard InChI is InChI=1S/C2H3BF3.K.H/c1-2-3(4,5)6;;/h2H,1H2;;/q-1;+1;-1. The van der Waals surface area contributed by atoms with E-state index in [2.05, 4.69) is 6.58 Å². The average molecular weight is 135 g/mol. The minimum Gasteiger partial charge on any atom is -1.00 e. The van der Waals surface area contributed by atoms with Crippen LogP contribution in [0, 0.1) is 0 Å². The zero-order valence-corrected chi connectivity index (χ0v) is 7.12. The van der Waals surface area contributed by atoms with Crippen LogP contribution in [-0.2, 0) is 0 Å². The van der Waals surface area contributed by atoms with Gasteiger partial charge in [0.05, 0.1) is 0 Å². The van der Waals surface area contributed by atoms with Gasteiger partial charge in [-0.15, -0.1) is 6.58 Å². The fourth-order valence-electron chi connectivity index (χ4n) is 0. The Labute approximate surface area is 84.1 Å². The van der Waals surface area contributed by atoms with E-state index in [1.54, 1.807) is 0 Å². The monoisotopic (exact) mass is 135 g/mol. The Balaban J connectivity index is -0.000000125. The minimum atomic E-state index is -4.72. The number of hydrogen-bond donors (Lipinski definition) is 0. The van der Waals surface area contributed by atoms with Crippen LogP contribution < -0.4 is 51.4 Å². The normalized spacial score (nSPS) is 9.57. The van der Waals surface area contributed by atoms with E-state index in [0.29, 0.717) is 0 Å². The van der Waals surface area contributed by atoms with Crippen LogP contribution in [0.4, 0.5) is 12.9 Å². The molecule has 0 saturated heterocycles. The van der Waals surface area contributed by atoms with Gasteiger partial charge in [-0.05, 0) is 0 Å². The van der Waals surface area contributed by atoms with E-state index >= 15 is 0 Å². The third-order valence-electron chi connectivity index (χ3n) is 0.267. The molecule has 0 aliphatic heterocycles. The summed E-state index contributed by atoms with van der Waals surface area (Å²) < 4.78 is 32.2. The van der Waals surface area contributed by atoms with E-state index < -0.39 is 6.98 Å². The van der Waals surface area contributed by atoms with E-state index in [1.807, 2.05) is 0 Å². The summed E-state index contributed by atoms with van der Waals surface area (Å²) in [4.78, 5) is 0. The van der Waals surface area contributed by atoms with Crippen LogP contribution in [0.2, 0.25) is 0 Å². The molecule has 0 N–H and O–H groups in total. The second-order valence-corrected chi connectivity index (χ2v) is 0.861. The van der Waals surface area contributed by atoms with Gasteiger partial charge < -0.3 is 14.4 Å². The summed E-state index contributed by atoms with van der Waals surface area (Å²) in [6.45, 7) is -2.19. The molecule has 0 aromatic heterocycles. The first-order valence-corrected chi connectivity index (χ1v) is 1.40. The van der Waals surface area contributed by atoms with Crippen LogP contribution in [0.5, 0.6) is 0 Å². The molecule has 0 bridgehead atoms. The van der Waals surface area contributed by atoms with Crippen molar-refractivity contribution in [3.8, 4) is 0 Å². The molecule has 0 rings (SSSR count). The largest absolute Gasteiger partial charge is 1.00 e. The first kappa shape index (κ1) is 11.1. The van der Waals surface area contributed by atoms with Gasteiger partial charge in [0.25, 0.3) is 0 Å². The molecule has 0 nitrogen and oxygen atoms in total. The molecule has 7 heavy (non-hydrogen) atoms. The molecule has 0 amide bonds. The summed E-state index contributed by atoms with van der Waals surface area (Å²) >= 11 is 0. The zero-order chi connectivity index (χ0) is 5.21. The summed E-state index contributed by atoms with van der Waals surface area (Å²) in [5.74, 6) is 0. The van der Waals surface area contributed by atoms with E-state index in [-0.39, 0.29) is 58.8 Å². The fourth-order valence-corrected chi connectivity index (χ4v) is 0. The summed E-state index contributed by atoms with van der Waals surface area (Å²) in [6.07, 6.45) is 0. The molecule has 0 aromatic rings. The number of rotatable bonds is 1. The Morgan fingerprint density at radius 2 is 1.57 bits per heavy atom. The molecular weight excluding hydrogens is 131 g/mol. The van der Waals surface area contributed by atoms with Gasteiger partial charge in [0.1, 0.15) is 0 Å². The van der Waals surface area contributed by atoms with Crippen molar-refractivity contribution in [2.75, 3.05) is 0 Å². The predicted octanol–water partition coefficient (Wildman–Crippen LogP) is -1.32. The van der Waals surface area contributed by atoms with Gasteiger partial charge in [0, 0.05) is 0 Å². The number of hydrogen-bond acceptors (Lipinski definition) is 0. The minimum absolute atomic E-state index is 0. The smallest absolute Gasteiger partial charge is 1.00 e. The predicted molar refractivity (Wildman–Crippen MR) is 20.4 cm³/mol. The van der Waals surface area contributed by atoms with Crippen LogP contribution in [0.1, 0.15) is 1.43 Å². The Bertz CT molecular complexity index is 62.8. The Morgan fingerprint density at radius 1 is 1.43 bits per heavy atom. The third kappa shape index (κ3) is 11.1. The maximum Gasteiger partial charge on any atom is 1.00 e. The third-order valence-corrected chi connectivity index (χ3v) is 0.267. The van der Waals surface area contributed by atoms with Crippen molar-refractivity contribution < 1.29 is 65.8 Å². The van der Waals surface area contributed by atoms with Gasteiger partial charge in [-0.25, -0.2) is 0 Å². The molecule has 0 unspecified atom stereocenters. The van der Waals surface area contributed by atoms with Crippen molar-refractivity contribution in [2.24, 2.45) is 0 Å². The molecule has 0 aliphatic carbocycles. The second kappa shape index (κ2) is 4.14. The molecule has 38 valence electrons.